The number of amides is 3. The zero-order chi connectivity index (χ0) is 29.9. The summed E-state index contributed by atoms with van der Waals surface area (Å²) in [5, 5.41) is 5.29. The van der Waals surface area contributed by atoms with Crippen molar-refractivity contribution in [1.82, 2.24) is 25.1 Å². The molecule has 0 spiro atoms. The van der Waals surface area contributed by atoms with Crippen molar-refractivity contribution in [1.29, 1.82) is 0 Å². The Hall–Kier alpha value is -3.48. The molecule has 41 heavy (non-hydrogen) atoms. The van der Waals surface area contributed by atoms with E-state index in [0.29, 0.717) is 38.0 Å². The van der Waals surface area contributed by atoms with Gasteiger partial charge in [-0.3, -0.25) is 9.59 Å². The number of thiazole rings is 1. The molecule has 2 saturated heterocycles. The van der Waals surface area contributed by atoms with Crippen molar-refractivity contribution < 1.29 is 33.1 Å². The molecule has 0 aromatic carbocycles. The normalized spacial score (nSPS) is 19.9. The Balaban J connectivity index is 1.47. The van der Waals surface area contributed by atoms with Gasteiger partial charge >= 0.3 is 12.1 Å². The van der Waals surface area contributed by atoms with Crippen molar-refractivity contribution in [2.24, 2.45) is 5.92 Å². The fourth-order valence-corrected chi connectivity index (χ4v) is 6.14. The first-order chi connectivity index (χ1) is 19.4. The monoisotopic (exact) mass is 589 g/mol. The van der Waals surface area contributed by atoms with E-state index in [1.165, 1.54) is 29.6 Å². The van der Waals surface area contributed by atoms with Crippen molar-refractivity contribution in [3.63, 3.8) is 0 Å². The van der Waals surface area contributed by atoms with E-state index in [-0.39, 0.29) is 29.5 Å². The summed E-state index contributed by atoms with van der Waals surface area (Å²) >= 11 is 1.39. The standard InChI is InChI=1S/C28H39N5O7S/c1-16(2)13-17(31-27(37)40-28(3,4)5)24(34)32-11-7-9-20(32)23-30-19(15-41-23)22-29-18(14-39-22)25(35)33-12-8-10-21(33)26(36)38-6/h14-17,20-21H,7-13H2,1-6H3,(H,31,37)/t17-,20-,21-/m0/s1. The quantitative estimate of drug-likeness (QED) is 0.448. The number of methoxy groups -OCH3 is 1. The molecule has 0 bridgehead atoms. The van der Waals surface area contributed by atoms with E-state index >= 15 is 0 Å². The Morgan fingerprint density at radius 2 is 1.83 bits per heavy atom. The highest BCUT2D eigenvalue weighted by molar-refractivity contribution is 7.10. The number of carbonyl (C=O) groups is 4. The smallest absolute Gasteiger partial charge is 0.408 e. The Morgan fingerprint density at radius 1 is 1.12 bits per heavy atom. The van der Waals surface area contributed by atoms with Crippen LogP contribution in [0.3, 0.4) is 0 Å². The summed E-state index contributed by atoms with van der Waals surface area (Å²) < 4.78 is 15.8. The molecule has 0 unspecified atom stereocenters. The number of hydrogen-bond acceptors (Lipinski definition) is 10. The van der Waals surface area contributed by atoms with Gasteiger partial charge in [-0.25, -0.2) is 19.6 Å². The second-order valence-corrected chi connectivity index (χ2v) is 12.7. The third-order valence-electron chi connectivity index (χ3n) is 6.97. The predicted octanol–water partition coefficient (Wildman–Crippen LogP) is 4.18. The number of nitrogens with one attached hydrogen (secondary N) is 1. The molecule has 224 valence electrons. The fourth-order valence-electron chi connectivity index (χ4n) is 5.20. The average molecular weight is 590 g/mol. The van der Waals surface area contributed by atoms with Gasteiger partial charge in [-0.05, 0) is 58.8 Å². The van der Waals surface area contributed by atoms with Gasteiger partial charge < -0.3 is 29.0 Å². The van der Waals surface area contributed by atoms with Crippen molar-refractivity contribution >= 4 is 35.2 Å². The summed E-state index contributed by atoms with van der Waals surface area (Å²) in [5.41, 5.74) is -0.127. The largest absolute Gasteiger partial charge is 0.467 e. The zero-order valence-corrected chi connectivity index (χ0v) is 25.3. The Labute approximate surface area is 243 Å². The summed E-state index contributed by atoms with van der Waals surface area (Å²) in [6.07, 6.45) is 3.91. The van der Waals surface area contributed by atoms with E-state index in [4.69, 9.17) is 18.9 Å². The predicted molar refractivity (Wildman–Crippen MR) is 150 cm³/mol. The van der Waals surface area contributed by atoms with E-state index in [1.54, 1.807) is 31.1 Å². The van der Waals surface area contributed by atoms with Crippen LogP contribution in [0.4, 0.5) is 4.79 Å². The fraction of sp³-hybridized carbons (Fsp3) is 0.643. The molecule has 0 aliphatic carbocycles. The molecule has 2 aliphatic heterocycles. The van der Waals surface area contributed by atoms with Gasteiger partial charge in [0.2, 0.25) is 11.8 Å². The number of ether oxygens (including phenoxy) is 2. The van der Waals surface area contributed by atoms with Crippen LogP contribution >= 0.6 is 11.3 Å². The van der Waals surface area contributed by atoms with Gasteiger partial charge in [0.1, 0.15) is 34.6 Å². The lowest BCUT2D eigenvalue weighted by Gasteiger charge is -2.30. The number of oxazole rings is 1. The first kappa shape index (κ1) is 30.5. The van der Waals surface area contributed by atoms with E-state index in [1.807, 2.05) is 13.8 Å². The zero-order valence-electron chi connectivity index (χ0n) is 24.5. The van der Waals surface area contributed by atoms with Crippen molar-refractivity contribution in [3.8, 4) is 11.6 Å². The minimum atomic E-state index is -0.718. The maximum atomic E-state index is 13.7. The summed E-state index contributed by atoms with van der Waals surface area (Å²) in [4.78, 5) is 63.6. The van der Waals surface area contributed by atoms with Gasteiger partial charge in [0, 0.05) is 18.5 Å². The summed E-state index contributed by atoms with van der Waals surface area (Å²) in [5.74, 6) is -0.652. The molecule has 3 amide bonds. The van der Waals surface area contributed by atoms with Crippen molar-refractivity contribution in [2.45, 2.75) is 90.4 Å². The van der Waals surface area contributed by atoms with Gasteiger partial charge in [-0.1, -0.05) is 13.8 Å². The first-order valence-electron chi connectivity index (χ1n) is 14.0. The van der Waals surface area contributed by atoms with Crippen molar-refractivity contribution in [2.75, 3.05) is 20.2 Å². The number of nitrogens with zero attached hydrogens (tertiary/aromatic N) is 4. The molecule has 2 aromatic rings. The number of likely N-dealkylation sites (tertiary alicyclic amines) is 2. The van der Waals surface area contributed by atoms with Crippen LogP contribution in [0.25, 0.3) is 11.6 Å². The average Bonchev–Trinajstić information content (AvgIpc) is 3.71. The third kappa shape index (κ3) is 7.24. The van der Waals surface area contributed by atoms with Gasteiger partial charge in [0.05, 0.1) is 13.2 Å². The van der Waals surface area contributed by atoms with Crippen LogP contribution < -0.4 is 5.32 Å². The molecule has 2 fully saturated rings. The lowest BCUT2D eigenvalue weighted by molar-refractivity contribution is -0.145. The van der Waals surface area contributed by atoms with E-state index in [2.05, 4.69) is 10.3 Å². The number of alkyl carbamates (subject to hydrolysis) is 1. The number of carbonyl (C=O) groups excluding carboxylic acids is 4. The minimum Gasteiger partial charge on any atom is -0.467 e. The maximum Gasteiger partial charge on any atom is 0.408 e. The molecule has 2 aliphatic rings. The summed E-state index contributed by atoms with van der Waals surface area (Å²) in [6, 6.07) is -1.60. The Bertz CT molecular complexity index is 1270. The number of rotatable bonds is 8. The molecule has 4 heterocycles. The molecule has 1 N–H and O–H groups in total. The highest BCUT2D eigenvalue weighted by atomic mass is 32.1. The second kappa shape index (κ2) is 12.6. The number of hydrogen-bond donors (Lipinski definition) is 1. The first-order valence-corrected chi connectivity index (χ1v) is 14.9. The van der Waals surface area contributed by atoms with Gasteiger partial charge in [0.25, 0.3) is 5.91 Å². The summed E-state index contributed by atoms with van der Waals surface area (Å²) in [7, 11) is 1.30. The second-order valence-electron chi connectivity index (χ2n) is 11.8. The Kier molecular flexibility index (Phi) is 9.35. The number of esters is 1. The third-order valence-corrected chi connectivity index (χ3v) is 7.91. The molecular formula is C28H39N5O7S. The van der Waals surface area contributed by atoms with Crippen LogP contribution in [-0.2, 0) is 19.1 Å². The van der Waals surface area contributed by atoms with E-state index in [9.17, 15) is 19.2 Å². The van der Waals surface area contributed by atoms with Gasteiger partial charge in [-0.2, -0.15) is 0 Å². The SMILES string of the molecule is COC(=O)[C@@H]1CCCN1C(=O)c1coc(-c2csc([C@@H]3CCCN3C(=O)[C@H](CC(C)C)NC(=O)OC(C)(C)C)n2)n1. The number of aromatic nitrogens is 2. The van der Waals surface area contributed by atoms with Crippen LogP contribution in [0, 0.1) is 5.92 Å². The molecular weight excluding hydrogens is 550 g/mol. The molecule has 2 aromatic heterocycles. The van der Waals surface area contributed by atoms with Gasteiger partial charge in [-0.15, -0.1) is 11.3 Å². The van der Waals surface area contributed by atoms with Crippen LogP contribution in [0.15, 0.2) is 16.1 Å². The highest BCUT2D eigenvalue weighted by Crippen LogP contribution is 2.36. The van der Waals surface area contributed by atoms with E-state index < -0.39 is 35.7 Å². The molecule has 3 atom stereocenters. The minimum absolute atomic E-state index is 0.0905. The lowest BCUT2D eigenvalue weighted by atomic mass is 10.0. The van der Waals surface area contributed by atoms with Crippen LogP contribution in [-0.4, -0.2) is 81.5 Å². The topological polar surface area (TPSA) is 144 Å². The molecule has 12 nitrogen and oxygen atoms in total. The Morgan fingerprint density at radius 3 is 2.51 bits per heavy atom. The van der Waals surface area contributed by atoms with Crippen LogP contribution in [0.2, 0.25) is 0 Å². The lowest BCUT2D eigenvalue weighted by Crippen LogP contribution is -2.50. The van der Waals surface area contributed by atoms with Gasteiger partial charge in [0.15, 0.2) is 5.69 Å². The highest BCUT2D eigenvalue weighted by Gasteiger charge is 2.38. The summed E-state index contributed by atoms with van der Waals surface area (Å²) in [6.45, 7) is 10.3. The van der Waals surface area contributed by atoms with Crippen LogP contribution in [0.5, 0.6) is 0 Å². The van der Waals surface area contributed by atoms with E-state index in [0.717, 1.165) is 17.8 Å². The molecule has 0 radical (unpaired) electrons. The van der Waals surface area contributed by atoms with Crippen LogP contribution in [0.1, 0.15) is 88.3 Å². The molecule has 4 rings (SSSR count). The van der Waals surface area contributed by atoms with Crippen molar-refractivity contribution in [3.05, 3.63) is 22.3 Å². The molecule has 13 heteroatoms. The molecule has 0 saturated carbocycles. The maximum absolute atomic E-state index is 13.7.